The molecule has 1 aliphatic heterocycles. The fourth-order valence-corrected chi connectivity index (χ4v) is 4.01. The number of β-amino-alcohol motifs (C(OH)–C–C–N with tert-alkyl or cyclic N) is 1. The molecule has 6 nitrogen and oxygen atoms in total. The average Bonchev–Trinajstić information content (AvgIpc) is 2.64. The number of aryl methyl sites for hydroxylation is 1. The third-order valence-electron chi connectivity index (χ3n) is 5.36. The highest BCUT2D eigenvalue weighted by atomic mass is 16.3. The van der Waals surface area contributed by atoms with Crippen LogP contribution in [0.3, 0.4) is 0 Å². The van der Waals surface area contributed by atoms with Crippen LogP contribution in [-0.4, -0.2) is 58.1 Å². The number of carbonyl (C=O) groups excluding carboxylic acids is 2. The molecule has 3 N–H and O–H groups in total. The Hall–Kier alpha value is -1.92. The van der Waals surface area contributed by atoms with E-state index >= 15 is 0 Å². The standard InChI is InChI=1S/C25H41N3O3/c1-24(2,3)26-22(30)20-12-8-7-11-18(20)14-15-19(29)17-28-16-10-9-13-21(28)23(31)27-25(4,5)6/h7-8,11-12,19,21,29H,9-10,13-17H2,1-6H3,(H,26,30)(H,27,31)/t19-,21?/m1/s1. The Kier molecular flexibility index (Phi) is 8.66. The van der Waals surface area contributed by atoms with Gasteiger partial charge in [-0.1, -0.05) is 24.6 Å². The molecule has 1 fully saturated rings. The first-order valence-electron chi connectivity index (χ1n) is 11.5. The molecule has 2 atom stereocenters. The molecular weight excluding hydrogens is 390 g/mol. The van der Waals surface area contributed by atoms with Crippen LogP contribution in [0.5, 0.6) is 0 Å². The molecule has 6 heteroatoms. The predicted octanol–water partition coefficient (Wildman–Crippen LogP) is 3.28. The second kappa shape index (κ2) is 10.6. The molecular formula is C25H41N3O3. The molecule has 1 saturated heterocycles. The maximum atomic E-state index is 12.7. The molecule has 0 radical (unpaired) electrons. The Morgan fingerprint density at radius 3 is 2.35 bits per heavy atom. The number of carbonyl (C=O) groups is 2. The molecule has 1 aromatic carbocycles. The Morgan fingerprint density at radius 2 is 1.71 bits per heavy atom. The van der Waals surface area contributed by atoms with Gasteiger partial charge in [0.25, 0.3) is 5.91 Å². The molecule has 31 heavy (non-hydrogen) atoms. The average molecular weight is 432 g/mol. The van der Waals surface area contributed by atoms with Crippen LogP contribution in [0.4, 0.5) is 0 Å². The van der Waals surface area contributed by atoms with E-state index in [0.717, 1.165) is 31.4 Å². The topological polar surface area (TPSA) is 81.7 Å². The van der Waals surface area contributed by atoms with Crippen molar-refractivity contribution in [2.24, 2.45) is 0 Å². The van der Waals surface area contributed by atoms with E-state index in [1.165, 1.54) is 0 Å². The first-order chi connectivity index (χ1) is 14.4. The summed E-state index contributed by atoms with van der Waals surface area (Å²) in [4.78, 5) is 27.5. The molecule has 1 unspecified atom stereocenters. The van der Waals surface area contributed by atoms with Gasteiger partial charge in [-0.05, 0) is 85.4 Å². The van der Waals surface area contributed by atoms with Crippen molar-refractivity contribution in [3.8, 4) is 0 Å². The largest absolute Gasteiger partial charge is 0.392 e. The van der Waals surface area contributed by atoms with Gasteiger partial charge in [0.2, 0.25) is 5.91 Å². The van der Waals surface area contributed by atoms with Gasteiger partial charge in [-0.25, -0.2) is 0 Å². The van der Waals surface area contributed by atoms with Crippen molar-refractivity contribution in [3.63, 3.8) is 0 Å². The quantitative estimate of drug-likeness (QED) is 0.619. The minimum atomic E-state index is -0.554. The minimum absolute atomic E-state index is 0.0450. The van der Waals surface area contributed by atoms with E-state index in [-0.39, 0.29) is 28.9 Å². The van der Waals surface area contributed by atoms with Crippen molar-refractivity contribution in [1.82, 2.24) is 15.5 Å². The zero-order chi connectivity index (χ0) is 23.2. The fraction of sp³-hybridized carbons (Fsp3) is 0.680. The van der Waals surface area contributed by atoms with E-state index in [4.69, 9.17) is 0 Å². The summed E-state index contributed by atoms with van der Waals surface area (Å²) in [6.45, 7) is 13.1. The highest BCUT2D eigenvalue weighted by Gasteiger charge is 2.31. The number of benzene rings is 1. The van der Waals surface area contributed by atoms with E-state index in [1.807, 2.05) is 65.8 Å². The number of nitrogens with zero attached hydrogens (tertiary/aromatic N) is 1. The summed E-state index contributed by atoms with van der Waals surface area (Å²) in [6, 6.07) is 7.38. The zero-order valence-corrected chi connectivity index (χ0v) is 20.1. The number of amides is 2. The molecule has 2 rings (SSSR count). The van der Waals surface area contributed by atoms with Gasteiger partial charge in [0, 0.05) is 23.2 Å². The van der Waals surface area contributed by atoms with E-state index < -0.39 is 6.10 Å². The van der Waals surface area contributed by atoms with Gasteiger partial charge in [0.05, 0.1) is 12.1 Å². The van der Waals surface area contributed by atoms with Crippen molar-refractivity contribution in [3.05, 3.63) is 35.4 Å². The lowest BCUT2D eigenvalue weighted by molar-refractivity contribution is -0.129. The maximum Gasteiger partial charge on any atom is 0.251 e. The van der Waals surface area contributed by atoms with Crippen LogP contribution in [-0.2, 0) is 11.2 Å². The van der Waals surface area contributed by atoms with Crippen LogP contribution in [0.15, 0.2) is 24.3 Å². The van der Waals surface area contributed by atoms with Gasteiger partial charge < -0.3 is 15.7 Å². The number of rotatable bonds is 7. The van der Waals surface area contributed by atoms with E-state index in [0.29, 0.717) is 24.9 Å². The monoisotopic (exact) mass is 431 g/mol. The number of aliphatic hydroxyl groups excluding tert-OH is 1. The van der Waals surface area contributed by atoms with E-state index in [1.54, 1.807) is 0 Å². The Labute approximate surface area is 187 Å². The summed E-state index contributed by atoms with van der Waals surface area (Å²) in [5.74, 6) is -0.0452. The van der Waals surface area contributed by atoms with Gasteiger partial charge in [0.15, 0.2) is 0 Å². The van der Waals surface area contributed by atoms with E-state index in [2.05, 4.69) is 15.5 Å². The smallest absolute Gasteiger partial charge is 0.251 e. The second-order valence-electron chi connectivity index (χ2n) is 10.8. The van der Waals surface area contributed by atoms with Crippen LogP contribution < -0.4 is 10.6 Å². The third-order valence-corrected chi connectivity index (χ3v) is 5.36. The predicted molar refractivity (Wildman–Crippen MR) is 125 cm³/mol. The van der Waals surface area contributed by atoms with Crippen LogP contribution >= 0.6 is 0 Å². The summed E-state index contributed by atoms with van der Waals surface area (Å²) >= 11 is 0. The number of likely N-dealkylation sites (tertiary alicyclic amines) is 1. The molecule has 2 amide bonds. The van der Waals surface area contributed by atoms with Crippen LogP contribution in [0, 0.1) is 0 Å². The summed E-state index contributed by atoms with van der Waals surface area (Å²) in [7, 11) is 0. The molecule has 0 spiro atoms. The minimum Gasteiger partial charge on any atom is -0.392 e. The molecule has 0 bridgehead atoms. The highest BCUT2D eigenvalue weighted by molar-refractivity contribution is 5.96. The van der Waals surface area contributed by atoms with Gasteiger partial charge >= 0.3 is 0 Å². The van der Waals surface area contributed by atoms with Crippen LogP contribution in [0.2, 0.25) is 0 Å². The van der Waals surface area contributed by atoms with Crippen LogP contribution in [0.1, 0.15) is 83.1 Å². The van der Waals surface area contributed by atoms with Gasteiger partial charge in [-0.15, -0.1) is 0 Å². The normalized spacial score (nSPS) is 19.0. The highest BCUT2D eigenvalue weighted by Crippen LogP contribution is 2.20. The van der Waals surface area contributed by atoms with Crippen molar-refractivity contribution >= 4 is 11.8 Å². The zero-order valence-electron chi connectivity index (χ0n) is 20.1. The van der Waals surface area contributed by atoms with Crippen LogP contribution in [0.25, 0.3) is 0 Å². The number of hydrogen-bond acceptors (Lipinski definition) is 4. The van der Waals surface area contributed by atoms with Crippen molar-refractivity contribution < 1.29 is 14.7 Å². The fourth-order valence-electron chi connectivity index (χ4n) is 4.01. The SMILES string of the molecule is CC(C)(C)NC(=O)c1ccccc1CC[C@@H](O)CN1CCCCC1C(=O)NC(C)(C)C. The maximum absolute atomic E-state index is 12.7. The number of aliphatic hydroxyl groups is 1. The van der Waals surface area contributed by atoms with Crippen molar-refractivity contribution in [2.75, 3.05) is 13.1 Å². The van der Waals surface area contributed by atoms with Crippen molar-refractivity contribution in [1.29, 1.82) is 0 Å². The Bertz CT molecular complexity index is 749. The Morgan fingerprint density at radius 1 is 1.06 bits per heavy atom. The molecule has 1 aromatic rings. The molecule has 0 saturated carbocycles. The lowest BCUT2D eigenvalue weighted by Crippen LogP contribution is -2.55. The molecule has 1 heterocycles. The first kappa shape index (κ1) is 25.3. The summed E-state index contributed by atoms with van der Waals surface area (Å²) in [6.07, 6.45) is 3.50. The molecule has 0 aliphatic carbocycles. The molecule has 0 aromatic heterocycles. The van der Waals surface area contributed by atoms with Crippen molar-refractivity contribution in [2.45, 2.75) is 96.9 Å². The molecule has 1 aliphatic rings. The first-order valence-corrected chi connectivity index (χ1v) is 11.5. The Balaban J connectivity index is 1.97. The number of hydrogen-bond donors (Lipinski definition) is 3. The molecule has 174 valence electrons. The summed E-state index contributed by atoms with van der Waals surface area (Å²) in [5, 5.41) is 16.8. The van der Waals surface area contributed by atoms with Gasteiger partial charge in [-0.2, -0.15) is 0 Å². The van der Waals surface area contributed by atoms with Gasteiger partial charge in [0.1, 0.15) is 0 Å². The lowest BCUT2D eigenvalue weighted by Gasteiger charge is -2.37. The number of nitrogens with one attached hydrogen (secondary N) is 2. The van der Waals surface area contributed by atoms with Gasteiger partial charge in [-0.3, -0.25) is 14.5 Å². The van der Waals surface area contributed by atoms with E-state index in [9.17, 15) is 14.7 Å². The summed E-state index contributed by atoms with van der Waals surface area (Å²) < 4.78 is 0. The third kappa shape index (κ3) is 8.62. The second-order valence-corrected chi connectivity index (χ2v) is 10.8. The lowest BCUT2D eigenvalue weighted by atomic mass is 9.97. The summed E-state index contributed by atoms with van der Waals surface area (Å²) in [5.41, 5.74) is 1.02. The number of piperidine rings is 1.